The number of aryl methyl sites for hydroxylation is 1. The molecule has 20 heavy (non-hydrogen) atoms. The molecule has 2 rings (SSSR count). The van der Waals surface area contributed by atoms with Crippen molar-refractivity contribution >= 4 is 21.9 Å². The van der Waals surface area contributed by atoms with Crippen LogP contribution in [0, 0.1) is 6.92 Å². The molecule has 2 aromatic carbocycles. The molecule has 0 unspecified atom stereocenters. The Kier molecular flexibility index (Phi) is 4.79. The van der Waals surface area contributed by atoms with E-state index in [-0.39, 0.29) is 5.97 Å². The normalized spacial score (nSPS) is 10.2. The Morgan fingerprint density at radius 1 is 1.15 bits per heavy atom. The SMILES string of the molecule is COC(=O)c1ccc(COc2ccc(C)cc2)c(Br)c1. The summed E-state index contributed by atoms with van der Waals surface area (Å²) in [7, 11) is 1.37. The van der Waals surface area contributed by atoms with E-state index in [1.807, 2.05) is 37.3 Å². The van der Waals surface area contributed by atoms with Crippen molar-refractivity contribution in [2.75, 3.05) is 7.11 Å². The molecule has 0 aliphatic carbocycles. The first kappa shape index (κ1) is 14.6. The summed E-state index contributed by atoms with van der Waals surface area (Å²) in [6, 6.07) is 13.2. The average molecular weight is 335 g/mol. The minimum atomic E-state index is -0.350. The third-order valence-corrected chi connectivity index (χ3v) is 3.63. The van der Waals surface area contributed by atoms with Crippen LogP contribution >= 0.6 is 15.9 Å². The Labute approximate surface area is 126 Å². The maximum atomic E-state index is 11.4. The molecule has 104 valence electrons. The molecule has 0 spiro atoms. The topological polar surface area (TPSA) is 35.5 Å². The number of methoxy groups -OCH3 is 1. The van der Waals surface area contributed by atoms with E-state index in [0.29, 0.717) is 12.2 Å². The molecule has 2 aromatic rings. The molecule has 0 saturated heterocycles. The summed E-state index contributed by atoms with van der Waals surface area (Å²) >= 11 is 3.44. The highest BCUT2D eigenvalue weighted by atomic mass is 79.9. The number of esters is 1. The van der Waals surface area contributed by atoms with Gasteiger partial charge in [0.05, 0.1) is 12.7 Å². The number of hydrogen-bond donors (Lipinski definition) is 0. The molecule has 3 nitrogen and oxygen atoms in total. The van der Waals surface area contributed by atoms with Crippen LogP contribution in [0.5, 0.6) is 5.75 Å². The van der Waals surface area contributed by atoms with Crippen LogP contribution in [0.15, 0.2) is 46.9 Å². The van der Waals surface area contributed by atoms with Gasteiger partial charge in [0, 0.05) is 10.0 Å². The summed E-state index contributed by atoms with van der Waals surface area (Å²) in [6.45, 7) is 2.47. The van der Waals surface area contributed by atoms with E-state index in [1.54, 1.807) is 12.1 Å². The van der Waals surface area contributed by atoms with E-state index in [1.165, 1.54) is 12.7 Å². The molecule has 0 saturated carbocycles. The molecule has 0 radical (unpaired) electrons. The lowest BCUT2D eigenvalue weighted by atomic mass is 10.1. The summed E-state index contributed by atoms with van der Waals surface area (Å²) in [5.41, 5.74) is 2.68. The van der Waals surface area contributed by atoms with Crippen LogP contribution in [0.25, 0.3) is 0 Å². The summed E-state index contributed by atoms with van der Waals surface area (Å²) in [6.07, 6.45) is 0. The molecule has 4 heteroatoms. The van der Waals surface area contributed by atoms with Gasteiger partial charge in [0.15, 0.2) is 0 Å². The number of hydrogen-bond acceptors (Lipinski definition) is 3. The fourth-order valence-electron chi connectivity index (χ4n) is 1.70. The van der Waals surface area contributed by atoms with E-state index in [9.17, 15) is 4.79 Å². The molecular weight excluding hydrogens is 320 g/mol. The maximum absolute atomic E-state index is 11.4. The third-order valence-electron chi connectivity index (χ3n) is 2.89. The highest BCUT2D eigenvalue weighted by Gasteiger charge is 2.08. The number of carbonyl (C=O) groups excluding carboxylic acids is 1. The van der Waals surface area contributed by atoms with E-state index in [2.05, 4.69) is 20.7 Å². The molecule has 0 N–H and O–H groups in total. The minimum Gasteiger partial charge on any atom is -0.489 e. The van der Waals surface area contributed by atoms with Crippen molar-refractivity contribution in [3.05, 3.63) is 63.6 Å². The zero-order valence-electron chi connectivity index (χ0n) is 11.4. The van der Waals surface area contributed by atoms with E-state index >= 15 is 0 Å². The molecule has 0 amide bonds. The molecule has 0 fully saturated rings. The second-order valence-electron chi connectivity index (χ2n) is 4.40. The van der Waals surface area contributed by atoms with Gasteiger partial charge >= 0.3 is 5.97 Å². The van der Waals surface area contributed by atoms with E-state index in [0.717, 1.165) is 15.8 Å². The summed E-state index contributed by atoms with van der Waals surface area (Å²) in [5, 5.41) is 0. The van der Waals surface area contributed by atoms with Crippen LogP contribution in [0.1, 0.15) is 21.5 Å². The van der Waals surface area contributed by atoms with Crippen LogP contribution in [-0.4, -0.2) is 13.1 Å². The Morgan fingerprint density at radius 2 is 1.85 bits per heavy atom. The van der Waals surface area contributed by atoms with Gasteiger partial charge in [-0.05, 0) is 31.2 Å². The number of ether oxygens (including phenoxy) is 2. The highest BCUT2D eigenvalue weighted by molar-refractivity contribution is 9.10. The zero-order chi connectivity index (χ0) is 14.5. The number of carbonyl (C=O) groups is 1. The highest BCUT2D eigenvalue weighted by Crippen LogP contribution is 2.21. The first-order valence-corrected chi connectivity index (χ1v) is 6.95. The van der Waals surface area contributed by atoms with Gasteiger partial charge in [0.2, 0.25) is 0 Å². The van der Waals surface area contributed by atoms with Crippen LogP contribution in [0.2, 0.25) is 0 Å². The van der Waals surface area contributed by atoms with E-state index in [4.69, 9.17) is 4.74 Å². The number of benzene rings is 2. The molecule has 0 heterocycles. The smallest absolute Gasteiger partial charge is 0.337 e. The largest absolute Gasteiger partial charge is 0.489 e. The zero-order valence-corrected chi connectivity index (χ0v) is 12.9. The fourth-order valence-corrected chi connectivity index (χ4v) is 2.20. The van der Waals surface area contributed by atoms with Crippen molar-refractivity contribution in [2.24, 2.45) is 0 Å². The van der Waals surface area contributed by atoms with Gasteiger partial charge in [-0.2, -0.15) is 0 Å². The van der Waals surface area contributed by atoms with Crippen molar-refractivity contribution in [1.29, 1.82) is 0 Å². The summed E-state index contributed by atoms with van der Waals surface area (Å²) in [5.74, 6) is 0.469. The number of halogens is 1. The van der Waals surface area contributed by atoms with Gasteiger partial charge in [0.1, 0.15) is 12.4 Å². The Hall–Kier alpha value is -1.81. The second kappa shape index (κ2) is 6.57. The van der Waals surface area contributed by atoms with Crippen LogP contribution < -0.4 is 4.74 Å². The number of rotatable bonds is 4. The fraction of sp³-hybridized carbons (Fsp3) is 0.188. The third kappa shape index (κ3) is 3.61. The van der Waals surface area contributed by atoms with Gasteiger partial charge in [-0.3, -0.25) is 0 Å². The summed E-state index contributed by atoms with van der Waals surface area (Å²) in [4.78, 5) is 11.4. The lowest BCUT2D eigenvalue weighted by Gasteiger charge is -2.09. The maximum Gasteiger partial charge on any atom is 0.337 e. The minimum absolute atomic E-state index is 0.350. The van der Waals surface area contributed by atoms with Crippen LogP contribution in [0.4, 0.5) is 0 Å². The Bertz CT molecular complexity index is 606. The van der Waals surface area contributed by atoms with E-state index < -0.39 is 0 Å². The molecule has 0 bridgehead atoms. The second-order valence-corrected chi connectivity index (χ2v) is 5.25. The van der Waals surface area contributed by atoms with Gasteiger partial charge in [-0.1, -0.05) is 39.7 Å². The van der Waals surface area contributed by atoms with Crippen molar-refractivity contribution in [3.63, 3.8) is 0 Å². The van der Waals surface area contributed by atoms with Crippen molar-refractivity contribution < 1.29 is 14.3 Å². The first-order chi connectivity index (χ1) is 9.60. The van der Waals surface area contributed by atoms with Gasteiger partial charge < -0.3 is 9.47 Å². The molecule has 0 aromatic heterocycles. The monoisotopic (exact) mass is 334 g/mol. The molecule has 0 atom stereocenters. The van der Waals surface area contributed by atoms with Crippen molar-refractivity contribution in [3.8, 4) is 5.75 Å². The average Bonchev–Trinajstić information content (AvgIpc) is 2.46. The Morgan fingerprint density at radius 3 is 2.45 bits per heavy atom. The molecule has 0 aliphatic rings. The van der Waals surface area contributed by atoms with Crippen molar-refractivity contribution in [1.82, 2.24) is 0 Å². The quantitative estimate of drug-likeness (QED) is 0.789. The van der Waals surface area contributed by atoms with Gasteiger partial charge in [-0.15, -0.1) is 0 Å². The predicted octanol–water partition coefficient (Wildman–Crippen LogP) is 4.12. The molecular formula is C16H15BrO3. The first-order valence-electron chi connectivity index (χ1n) is 6.16. The standard InChI is InChI=1S/C16H15BrO3/c1-11-3-7-14(8-4-11)20-10-13-6-5-12(9-15(13)17)16(18)19-2/h3-9H,10H2,1-2H3. The lowest BCUT2D eigenvalue weighted by Crippen LogP contribution is -2.03. The van der Waals surface area contributed by atoms with Gasteiger partial charge in [0.25, 0.3) is 0 Å². The lowest BCUT2D eigenvalue weighted by molar-refractivity contribution is 0.0600. The Balaban J connectivity index is 2.06. The van der Waals surface area contributed by atoms with Gasteiger partial charge in [-0.25, -0.2) is 4.79 Å². The van der Waals surface area contributed by atoms with Crippen molar-refractivity contribution in [2.45, 2.75) is 13.5 Å². The summed E-state index contributed by atoms with van der Waals surface area (Å²) < 4.78 is 11.2. The molecule has 0 aliphatic heterocycles. The predicted molar refractivity (Wildman–Crippen MR) is 81.0 cm³/mol. The van der Waals surface area contributed by atoms with Crippen LogP contribution in [0.3, 0.4) is 0 Å². The van der Waals surface area contributed by atoms with Crippen LogP contribution in [-0.2, 0) is 11.3 Å².